The van der Waals surface area contributed by atoms with Crippen LogP contribution >= 0.6 is 0 Å². The molecule has 1 N–H and O–H groups in total. The van der Waals surface area contributed by atoms with Gasteiger partial charge in [0.1, 0.15) is 0 Å². The molecule has 0 radical (unpaired) electrons. The molecule has 1 unspecified atom stereocenters. The molecule has 1 rings (SSSR count). The number of hydrogen-bond donors (Lipinski definition) is 1. The highest BCUT2D eigenvalue weighted by Crippen LogP contribution is 2.29. The molecule has 0 aromatic heterocycles. The third-order valence-corrected chi connectivity index (χ3v) is 2.27. The van der Waals surface area contributed by atoms with Gasteiger partial charge in [-0.2, -0.15) is 13.2 Å². The molecular weight excluding hydrogens is 215 g/mol. The minimum absolute atomic E-state index is 0.156. The number of nitrogens with one attached hydrogen (secondary N) is 1. The van der Waals surface area contributed by atoms with Crippen molar-refractivity contribution < 1.29 is 13.2 Å². The van der Waals surface area contributed by atoms with Crippen molar-refractivity contribution in [1.82, 2.24) is 5.32 Å². The van der Waals surface area contributed by atoms with Gasteiger partial charge < -0.3 is 5.32 Å². The number of benzene rings is 1. The van der Waals surface area contributed by atoms with E-state index in [1.807, 2.05) is 0 Å². The number of likely N-dealkylation sites (N-methyl/N-ethyl adjacent to an activating group) is 1. The van der Waals surface area contributed by atoms with Crippen molar-refractivity contribution in [2.75, 3.05) is 7.05 Å². The fourth-order valence-electron chi connectivity index (χ4n) is 1.31. The lowest BCUT2D eigenvalue weighted by molar-refractivity contribution is -0.137. The van der Waals surface area contributed by atoms with E-state index in [0.717, 1.165) is 17.7 Å². The van der Waals surface area contributed by atoms with Crippen molar-refractivity contribution in [3.8, 4) is 12.3 Å². The van der Waals surface area contributed by atoms with Crippen LogP contribution in [0.25, 0.3) is 0 Å². The Morgan fingerprint density at radius 1 is 1.31 bits per heavy atom. The average Bonchev–Trinajstić information content (AvgIpc) is 2.25. The van der Waals surface area contributed by atoms with Gasteiger partial charge >= 0.3 is 6.18 Å². The standard InChI is InChI=1S/C12H12F3N/c1-3-11(16-2)8-9-4-6-10(7-5-9)12(13,14)15/h1,4-7,11,16H,8H2,2H3. The van der Waals surface area contributed by atoms with Gasteiger partial charge in [0.2, 0.25) is 0 Å². The molecule has 1 aromatic carbocycles. The first kappa shape index (κ1) is 12.6. The molecular formula is C12H12F3N. The third kappa shape index (κ3) is 3.28. The van der Waals surface area contributed by atoms with E-state index in [2.05, 4.69) is 11.2 Å². The Labute approximate surface area is 92.7 Å². The van der Waals surface area contributed by atoms with Gasteiger partial charge in [0.25, 0.3) is 0 Å². The lowest BCUT2D eigenvalue weighted by atomic mass is 10.0. The molecule has 16 heavy (non-hydrogen) atoms. The van der Waals surface area contributed by atoms with E-state index in [0.29, 0.717) is 6.42 Å². The predicted octanol–water partition coefficient (Wildman–Crippen LogP) is 2.47. The minimum atomic E-state index is -4.28. The summed E-state index contributed by atoms with van der Waals surface area (Å²) in [7, 11) is 1.72. The molecule has 0 bridgehead atoms. The highest BCUT2D eigenvalue weighted by Gasteiger charge is 2.29. The first-order chi connectivity index (χ1) is 7.47. The summed E-state index contributed by atoms with van der Waals surface area (Å²) in [6, 6.07) is 4.88. The van der Waals surface area contributed by atoms with Gasteiger partial charge in [0.15, 0.2) is 0 Å². The van der Waals surface area contributed by atoms with Crippen molar-refractivity contribution in [1.29, 1.82) is 0 Å². The highest BCUT2D eigenvalue weighted by atomic mass is 19.4. The van der Waals surface area contributed by atoms with Crippen LogP contribution in [0.2, 0.25) is 0 Å². The van der Waals surface area contributed by atoms with Crippen molar-refractivity contribution in [2.24, 2.45) is 0 Å². The smallest absolute Gasteiger partial charge is 0.306 e. The summed E-state index contributed by atoms with van der Waals surface area (Å²) >= 11 is 0. The second-order valence-corrected chi connectivity index (χ2v) is 3.41. The summed E-state index contributed by atoms with van der Waals surface area (Å²) in [6.45, 7) is 0. The van der Waals surface area contributed by atoms with Crippen LogP contribution in [0.15, 0.2) is 24.3 Å². The van der Waals surface area contributed by atoms with E-state index in [1.165, 1.54) is 12.1 Å². The van der Waals surface area contributed by atoms with E-state index in [4.69, 9.17) is 6.42 Å². The molecule has 0 amide bonds. The Hall–Kier alpha value is -1.47. The molecule has 0 aliphatic rings. The summed E-state index contributed by atoms with van der Waals surface area (Å²) in [5.74, 6) is 2.51. The van der Waals surface area contributed by atoms with Gasteiger partial charge in [-0.3, -0.25) is 0 Å². The molecule has 0 aliphatic heterocycles. The molecule has 1 aromatic rings. The maximum Gasteiger partial charge on any atom is 0.416 e. The van der Waals surface area contributed by atoms with Crippen LogP contribution in [0.1, 0.15) is 11.1 Å². The SMILES string of the molecule is C#CC(Cc1ccc(C(F)(F)F)cc1)NC. The third-order valence-electron chi connectivity index (χ3n) is 2.27. The molecule has 0 fully saturated rings. The molecule has 4 heteroatoms. The molecule has 86 valence electrons. The number of terminal acetylenes is 1. The first-order valence-electron chi connectivity index (χ1n) is 4.77. The molecule has 0 spiro atoms. The normalized spacial score (nSPS) is 13.2. The number of hydrogen-bond acceptors (Lipinski definition) is 1. The quantitative estimate of drug-likeness (QED) is 0.782. The lowest BCUT2D eigenvalue weighted by Crippen LogP contribution is -2.25. The summed E-state index contributed by atoms with van der Waals surface area (Å²) in [5, 5.41) is 2.89. The van der Waals surface area contributed by atoms with E-state index >= 15 is 0 Å². The Morgan fingerprint density at radius 3 is 2.25 bits per heavy atom. The van der Waals surface area contributed by atoms with Crippen LogP contribution in [0.3, 0.4) is 0 Å². The van der Waals surface area contributed by atoms with Gasteiger partial charge in [-0.1, -0.05) is 18.1 Å². The summed E-state index contributed by atoms with van der Waals surface area (Å²) < 4.78 is 36.8. The van der Waals surface area contributed by atoms with Crippen LogP contribution in [-0.2, 0) is 12.6 Å². The minimum Gasteiger partial charge on any atom is -0.306 e. The number of rotatable bonds is 3. The Morgan fingerprint density at radius 2 is 1.88 bits per heavy atom. The second-order valence-electron chi connectivity index (χ2n) is 3.41. The van der Waals surface area contributed by atoms with E-state index in [1.54, 1.807) is 7.05 Å². The first-order valence-corrected chi connectivity index (χ1v) is 4.77. The number of halogens is 3. The van der Waals surface area contributed by atoms with E-state index in [-0.39, 0.29) is 6.04 Å². The fraction of sp³-hybridized carbons (Fsp3) is 0.333. The Bertz CT molecular complexity index is 373. The topological polar surface area (TPSA) is 12.0 Å². The van der Waals surface area contributed by atoms with Gasteiger partial charge in [0, 0.05) is 0 Å². The maximum atomic E-state index is 12.3. The highest BCUT2D eigenvalue weighted by molar-refractivity contribution is 5.26. The lowest BCUT2D eigenvalue weighted by Gasteiger charge is -2.10. The van der Waals surface area contributed by atoms with Gasteiger partial charge in [-0.05, 0) is 31.2 Å². The van der Waals surface area contributed by atoms with Crippen molar-refractivity contribution in [2.45, 2.75) is 18.6 Å². The van der Waals surface area contributed by atoms with Crippen LogP contribution in [-0.4, -0.2) is 13.1 Å². The van der Waals surface area contributed by atoms with Gasteiger partial charge in [-0.25, -0.2) is 0 Å². The summed E-state index contributed by atoms with van der Waals surface area (Å²) in [5.41, 5.74) is 0.142. The molecule has 0 heterocycles. The van der Waals surface area contributed by atoms with Crippen LogP contribution in [0, 0.1) is 12.3 Å². The summed E-state index contributed by atoms with van der Waals surface area (Å²) in [6.07, 6.45) is 1.47. The maximum absolute atomic E-state index is 12.3. The van der Waals surface area contributed by atoms with Crippen LogP contribution in [0.5, 0.6) is 0 Å². The molecule has 0 saturated heterocycles. The zero-order chi connectivity index (χ0) is 12.2. The van der Waals surface area contributed by atoms with Crippen molar-refractivity contribution >= 4 is 0 Å². The van der Waals surface area contributed by atoms with E-state index < -0.39 is 11.7 Å². The van der Waals surface area contributed by atoms with Crippen LogP contribution < -0.4 is 5.32 Å². The average molecular weight is 227 g/mol. The largest absolute Gasteiger partial charge is 0.416 e. The van der Waals surface area contributed by atoms with Crippen molar-refractivity contribution in [3.05, 3.63) is 35.4 Å². The van der Waals surface area contributed by atoms with Gasteiger partial charge in [0.05, 0.1) is 11.6 Å². The van der Waals surface area contributed by atoms with Crippen LogP contribution in [0.4, 0.5) is 13.2 Å². The molecule has 1 atom stereocenters. The fourth-order valence-corrected chi connectivity index (χ4v) is 1.31. The molecule has 1 nitrogen and oxygen atoms in total. The van der Waals surface area contributed by atoms with Crippen molar-refractivity contribution in [3.63, 3.8) is 0 Å². The van der Waals surface area contributed by atoms with Gasteiger partial charge in [-0.15, -0.1) is 6.42 Å². The monoisotopic (exact) mass is 227 g/mol. The second kappa shape index (κ2) is 5.04. The van der Waals surface area contributed by atoms with E-state index in [9.17, 15) is 13.2 Å². The summed E-state index contributed by atoms with van der Waals surface area (Å²) in [4.78, 5) is 0. The molecule has 0 saturated carbocycles. The molecule has 0 aliphatic carbocycles. The Balaban J connectivity index is 2.77. The number of alkyl halides is 3. The zero-order valence-electron chi connectivity index (χ0n) is 8.81. The Kier molecular flexibility index (Phi) is 3.97. The predicted molar refractivity (Wildman–Crippen MR) is 56.8 cm³/mol. The zero-order valence-corrected chi connectivity index (χ0v) is 8.81.